The van der Waals surface area contributed by atoms with E-state index < -0.39 is 11.9 Å². The summed E-state index contributed by atoms with van der Waals surface area (Å²) in [5.41, 5.74) is 1.31. The molecular weight excluding hydrogens is 218 g/mol. The third kappa shape index (κ3) is 1.91. The molecule has 0 fully saturated rings. The molecule has 5 heteroatoms. The Morgan fingerprint density at radius 1 is 1.65 bits per heavy atom. The van der Waals surface area contributed by atoms with Gasteiger partial charge in [-0.2, -0.15) is 5.26 Å². The maximum Gasteiger partial charge on any atom is 0.314 e. The van der Waals surface area contributed by atoms with Gasteiger partial charge in [0.2, 0.25) is 0 Å². The van der Waals surface area contributed by atoms with Crippen LogP contribution >= 0.6 is 0 Å². The average molecular weight is 233 g/mol. The van der Waals surface area contributed by atoms with Gasteiger partial charge in [-0.3, -0.25) is 4.79 Å². The summed E-state index contributed by atoms with van der Waals surface area (Å²) in [7, 11) is 0. The Bertz CT molecular complexity index is 485. The van der Waals surface area contributed by atoms with Crippen molar-refractivity contribution in [3.63, 3.8) is 0 Å². The van der Waals surface area contributed by atoms with Gasteiger partial charge in [0.05, 0.1) is 5.69 Å². The molecule has 1 atom stereocenters. The molecule has 17 heavy (non-hydrogen) atoms. The van der Waals surface area contributed by atoms with Crippen LogP contribution in [0.5, 0.6) is 0 Å². The number of fused-ring (bicyclic) bond motifs is 1. The molecule has 2 heterocycles. The van der Waals surface area contributed by atoms with Crippen LogP contribution in [0.2, 0.25) is 0 Å². The van der Waals surface area contributed by atoms with Crippen LogP contribution in [-0.2, 0) is 17.8 Å². The first-order chi connectivity index (χ1) is 8.19. The van der Waals surface area contributed by atoms with Gasteiger partial charge in [-0.15, -0.1) is 0 Å². The monoisotopic (exact) mass is 233 g/mol. The summed E-state index contributed by atoms with van der Waals surface area (Å²) in [6.45, 7) is 2.61. The van der Waals surface area contributed by atoms with E-state index in [-0.39, 0.29) is 0 Å². The van der Waals surface area contributed by atoms with E-state index in [9.17, 15) is 9.90 Å². The third-order valence-corrected chi connectivity index (χ3v) is 3.27. The first kappa shape index (κ1) is 11.6. The topological polar surface area (TPSA) is 78.9 Å². The minimum atomic E-state index is -0.865. The molecule has 0 aromatic carbocycles. The summed E-state index contributed by atoms with van der Waals surface area (Å²) < 4.78 is 1.93. The average Bonchev–Trinajstić information content (AvgIpc) is 2.69. The molecular formula is C12H15N3O2. The fourth-order valence-corrected chi connectivity index (χ4v) is 2.39. The number of hydrogen-bond acceptors (Lipinski definition) is 3. The molecule has 1 N–H and O–H groups in total. The van der Waals surface area contributed by atoms with Gasteiger partial charge in [0, 0.05) is 6.54 Å². The lowest BCUT2D eigenvalue weighted by atomic mass is 10.0. The lowest BCUT2D eigenvalue weighted by Gasteiger charge is -2.18. The van der Waals surface area contributed by atoms with Crippen LogP contribution in [-0.4, -0.2) is 20.6 Å². The van der Waals surface area contributed by atoms with Gasteiger partial charge in [-0.1, -0.05) is 6.92 Å². The number of aromatic nitrogens is 2. The summed E-state index contributed by atoms with van der Waals surface area (Å²) in [5.74, 6) is -0.921. The molecule has 0 saturated carbocycles. The number of nitrogens with zero attached hydrogens (tertiary/aromatic N) is 3. The standard InChI is InChI=1S/C12H15N3O2/c1-2-8(12(16)17)11-14-9(7-13)10-5-3-4-6-15(10)11/h8H,2-6H2,1H3,(H,16,17). The van der Waals surface area contributed by atoms with Crippen molar-refractivity contribution in [1.82, 2.24) is 9.55 Å². The molecule has 1 aliphatic rings. The highest BCUT2D eigenvalue weighted by Gasteiger charge is 2.28. The van der Waals surface area contributed by atoms with Gasteiger partial charge in [-0.05, 0) is 25.7 Å². The normalized spacial score (nSPS) is 16.0. The fourth-order valence-electron chi connectivity index (χ4n) is 2.39. The quantitative estimate of drug-likeness (QED) is 0.861. The van der Waals surface area contributed by atoms with Crippen molar-refractivity contribution in [3.8, 4) is 6.07 Å². The van der Waals surface area contributed by atoms with Crippen molar-refractivity contribution < 1.29 is 9.90 Å². The Hall–Kier alpha value is -1.83. The highest BCUT2D eigenvalue weighted by molar-refractivity contribution is 5.75. The largest absolute Gasteiger partial charge is 0.481 e. The second-order valence-corrected chi connectivity index (χ2v) is 4.28. The maximum atomic E-state index is 11.2. The van der Waals surface area contributed by atoms with E-state index in [1.807, 2.05) is 11.5 Å². The molecule has 1 aromatic rings. The molecule has 0 saturated heterocycles. The molecule has 1 unspecified atom stereocenters. The number of carboxylic acids is 1. The minimum absolute atomic E-state index is 0.402. The highest BCUT2D eigenvalue weighted by Crippen LogP contribution is 2.26. The SMILES string of the molecule is CCC(C(=O)O)c1nc(C#N)c2n1CCCC2. The van der Waals surface area contributed by atoms with Crippen LogP contribution in [0.3, 0.4) is 0 Å². The molecule has 0 amide bonds. The van der Waals surface area contributed by atoms with Crippen molar-refractivity contribution in [2.75, 3.05) is 0 Å². The molecule has 2 rings (SSSR count). The van der Waals surface area contributed by atoms with Crippen LogP contribution in [0.25, 0.3) is 0 Å². The van der Waals surface area contributed by atoms with Crippen molar-refractivity contribution in [1.29, 1.82) is 5.26 Å². The van der Waals surface area contributed by atoms with Crippen LogP contribution in [0.15, 0.2) is 0 Å². The smallest absolute Gasteiger partial charge is 0.314 e. The van der Waals surface area contributed by atoms with E-state index in [1.165, 1.54) is 0 Å². The van der Waals surface area contributed by atoms with E-state index in [2.05, 4.69) is 11.1 Å². The summed E-state index contributed by atoms with van der Waals surface area (Å²) >= 11 is 0. The van der Waals surface area contributed by atoms with E-state index in [4.69, 9.17) is 5.26 Å². The number of carbonyl (C=O) groups is 1. The number of rotatable bonds is 3. The Balaban J connectivity index is 2.51. The number of nitriles is 1. The maximum absolute atomic E-state index is 11.2. The second kappa shape index (κ2) is 4.58. The first-order valence-corrected chi connectivity index (χ1v) is 5.91. The zero-order valence-corrected chi connectivity index (χ0v) is 9.81. The zero-order valence-electron chi connectivity index (χ0n) is 9.81. The summed E-state index contributed by atoms with van der Waals surface area (Å²) in [4.78, 5) is 15.4. The van der Waals surface area contributed by atoms with Crippen LogP contribution in [0.1, 0.15) is 49.3 Å². The van der Waals surface area contributed by atoms with Gasteiger partial charge < -0.3 is 9.67 Å². The predicted octanol–water partition coefficient (Wildman–Crippen LogP) is 1.67. The van der Waals surface area contributed by atoms with E-state index in [1.54, 1.807) is 0 Å². The predicted molar refractivity (Wildman–Crippen MR) is 60.5 cm³/mol. The number of aliphatic carboxylic acids is 1. The number of hydrogen-bond donors (Lipinski definition) is 1. The lowest BCUT2D eigenvalue weighted by molar-refractivity contribution is -0.139. The summed E-state index contributed by atoms with van der Waals surface area (Å²) in [6.07, 6.45) is 3.39. The van der Waals surface area contributed by atoms with Gasteiger partial charge in [0.1, 0.15) is 17.8 Å². The summed E-state index contributed by atoms with van der Waals surface area (Å²) in [5, 5.41) is 18.2. The molecule has 0 bridgehead atoms. The number of carboxylic acid groups (broad SMARTS) is 1. The minimum Gasteiger partial charge on any atom is -0.481 e. The van der Waals surface area contributed by atoms with Gasteiger partial charge in [0.25, 0.3) is 0 Å². The molecule has 0 spiro atoms. The van der Waals surface area contributed by atoms with Crippen molar-refractivity contribution >= 4 is 5.97 Å². The van der Waals surface area contributed by atoms with Crippen LogP contribution in [0.4, 0.5) is 0 Å². The Kier molecular flexibility index (Phi) is 3.14. The van der Waals surface area contributed by atoms with Crippen molar-refractivity contribution in [2.24, 2.45) is 0 Å². The molecule has 1 aromatic heterocycles. The van der Waals surface area contributed by atoms with Gasteiger partial charge in [-0.25, -0.2) is 4.98 Å². The lowest BCUT2D eigenvalue weighted by Crippen LogP contribution is -2.19. The number of imidazole rings is 1. The first-order valence-electron chi connectivity index (χ1n) is 5.91. The second-order valence-electron chi connectivity index (χ2n) is 4.28. The Morgan fingerprint density at radius 2 is 2.41 bits per heavy atom. The fraction of sp³-hybridized carbons (Fsp3) is 0.583. The van der Waals surface area contributed by atoms with E-state index in [0.717, 1.165) is 31.5 Å². The molecule has 1 aliphatic heterocycles. The van der Waals surface area contributed by atoms with Crippen LogP contribution in [0, 0.1) is 11.3 Å². The highest BCUT2D eigenvalue weighted by atomic mass is 16.4. The molecule has 0 radical (unpaired) electrons. The van der Waals surface area contributed by atoms with Gasteiger partial charge >= 0.3 is 5.97 Å². The van der Waals surface area contributed by atoms with E-state index in [0.29, 0.717) is 17.9 Å². The third-order valence-electron chi connectivity index (χ3n) is 3.27. The Labute approximate surface area is 99.7 Å². The van der Waals surface area contributed by atoms with Crippen molar-refractivity contribution in [2.45, 2.75) is 45.1 Å². The summed E-state index contributed by atoms with van der Waals surface area (Å²) in [6, 6.07) is 2.07. The molecule has 0 aliphatic carbocycles. The molecule has 90 valence electrons. The Morgan fingerprint density at radius 3 is 3.00 bits per heavy atom. The van der Waals surface area contributed by atoms with E-state index >= 15 is 0 Å². The molecule has 5 nitrogen and oxygen atoms in total. The van der Waals surface area contributed by atoms with Crippen LogP contribution < -0.4 is 0 Å². The zero-order chi connectivity index (χ0) is 12.4. The van der Waals surface area contributed by atoms with Gasteiger partial charge in [0.15, 0.2) is 5.69 Å². The van der Waals surface area contributed by atoms with Crippen molar-refractivity contribution in [3.05, 3.63) is 17.2 Å².